The van der Waals surface area contributed by atoms with Crippen LogP contribution in [0.5, 0.6) is 0 Å². The summed E-state index contributed by atoms with van der Waals surface area (Å²) in [4.78, 5) is 0. The first kappa shape index (κ1) is 12.0. The van der Waals surface area contributed by atoms with Crippen molar-refractivity contribution in [3.05, 3.63) is 47.8 Å². The molecule has 16 heavy (non-hydrogen) atoms. The summed E-state index contributed by atoms with van der Waals surface area (Å²) in [7, 11) is 0. The van der Waals surface area contributed by atoms with E-state index in [1.165, 1.54) is 0 Å². The fourth-order valence-electron chi connectivity index (χ4n) is 1.28. The smallest absolute Gasteiger partial charge is 0.0992 e. The molecule has 0 unspecified atom stereocenters. The monoisotopic (exact) mass is 213 g/mol. The van der Waals surface area contributed by atoms with Gasteiger partial charge in [-0.3, -0.25) is 0 Å². The number of nitrogens with zero attached hydrogens (tertiary/aromatic N) is 3. The lowest BCUT2D eigenvalue weighted by Gasteiger charge is -2.00. The van der Waals surface area contributed by atoms with Crippen LogP contribution in [0.2, 0.25) is 0 Å². The van der Waals surface area contributed by atoms with Crippen molar-refractivity contribution in [2.45, 2.75) is 20.8 Å². The van der Waals surface area contributed by atoms with Gasteiger partial charge in [0.2, 0.25) is 0 Å². The Bertz CT molecular complexity index is 492. The second kappa shape index (κ2) is 5.72. The molecule has 0 fully saturated rings. The predicted molar refractivity (Wildman–Crippen MR) is 64.4 cm³/mol. The summed E-state index contributed by atoms with van der Waals surface area (Å²) in [5.41, 5.74) is 2.53. The van der Waals surface area contributed by atoms with Gasteiger partial charge in [0.1, 0.15) is 0 Å². The molecule has 0 saturated carbocycles. The van der Waals surface area contributed by atoms with E-state index in [2.05, 4.69) is 11.2 Å². The van der Waals surface area contributed by atoms with Gasteiger partial charge in [-0.1, -0.05) is 19.9 Å². The van der Waals surface area contributed by atoms with Crippen LogP contribution in [0, 0.1) is 18.3 Å². The second-order valence-electron chi connectivity index (χ2n) is 3.06. The van der Waals surface area contributed by atoms with Crippen LogP contribution in [0.3, 0.4) is 0 Å². The molecule has 0 aliphatic carbocycles. The zero-order valence-corrected chi connectivity index (χ0v) is 9.81. The van der Waals surface area contributed by atoms with Gasteiger partial charge in [-0.05, 0) is 31.2 Å². The molecule has 0 bridgehead atoms. The third-order valence-electron chi connectivity index (χ3n) is 1.96. The molecule has 82 valence electrons. The Morgan fingerprint density at radius 3 is 2.56 bits per heavy atom. The number of hydrogen-bond acceptors (Lipinski definition) is 2. The standard InChI is InChI=1S/C11H9N3.C2H6/c1-9-5-6-14(13-9)11-4-2-3-10(7-11)8-12;1-2/h2-7H,1H3;1-2H3. The highest BCUT2D eigenvalue weighted by molar-refractivity contribution is 5.40. The van der Waals surface area contributed by atoms with Crippen LogP contribution in [0.1, 0.15) is 25.1 Å². The Kier molecular flexibility index (Phi) is 4.28. The maximum Gasteiger partial charge on any atom is 0.0992 e. The Balaban J connectivity index is 0.000000606. The number of hydrogen-bond donors (Lipinski definition) is 0. The van der Waals surface area contributed by atoms with E-state index in [1.54, 1.807) is 10.7 Å². The summed E-state index contributed by atoms with van der Waals surface area (Å²) >= 11 is 0. The molecule has 3 nitrogen and oxygen atoms in total. The van der Waals surface area contributed by atoms with Gasteiger partial charge in [-0.15, -0.1) is 0 Å². The first-order valence-electron chi connectivity index (χ1n) is 5.32. The van der Waals surface area contributed by atoms with Gasteiger partial charge in [0.05, 0.1) is 23.0 Å². The molecule has 0 N–H and O–H groups in total. The fraction of sp³-hybridized carbons (Fsp3) is 0.231. The molecule has 0 saturated heterocycles. The van der Waals surface area contributed by atoms with Crippen LogP contribution in [-0.2, 0) is 0 Å². The van der Waals surface area contributed by atoms with Gasteiger partial charge in [-0.2, -0.15) is 10.4 Å². The van der Waals surface area contributed by atoms with Gasteiger partial charge in [-0.25, -0.2) is 4.68 Å². The molecule has 0 atom stereocenters. The molecule has 0 amide bonds. The van der Waals surface area contributed by atoms with Crippen LogP contribution in [0.25, 0.3) is 5.69 Å². The first-order valence-corrected chi connectivity index (χ1v) is 5.32. The summed E-state index contributed by atoms with van der Waals surface area (Å²) in [5, 5.41) is 13.0. The topological polar surface area (TPSA) is 41.6 Å². The Morgan fingerprint density at radius 2 is 2.00 bits per heavy atom. The maximum atomic E-state index is 8.73. The molecule has 1 aromatic heterocycles. The SMILES string of the molecule is CC.Cc1ccn(-c2cccc(C#N)c2)n1. The summed E-state index contributed by atoms with van der Waals surface area (Å²) in [5.74, 6) is 0. The highest BCUT2D eigenvalue weighted by Gasteiger charge is 1.98. The molecule has 0 aliphatic heterocycles. The van der Waals surface area contributed by atoms with E-state index < -0.39 is 0 Å². The lowest BCUT2D eigenvalue weighted by Crippen LogP contribution is -1.94. The van der Waals surface area contributed by atoms with Crippen molar-refractivity contribution in [1.29, 1.82) is 5.26 Å². The molecule has 3 heteroatoms. The van der Waals surface area contributed by atoms with Crippen LogP contribution >= 0.6 is 0 Å². The van der Waals surface area contributed by atoms with Gasteiger partial charge in [0.15, 0.2) is 0 Å². The van der Waals surface area contributed by atoms with E-state index in [-0.39, 0.29) is 0 Å². The molecule has 2 rings (SSSR count). The Labute approximate surface area is 96.0 Å². The van der Waals surface area contributed by atoms with Gasteiger partial charge in [0, 0.05) is 6.20 Å². The van der Waals surface area contributed by atoms with Crippen molar-refractivity contribution in [1.82, 2.24) is 9.78 Å². The highest BCUT2D eigenvalue weighted by Crippen LogP contribution is 2.09. The first-order chi connectivity index (χ1) is 7.79. The molecular weight excluding hydrogens is 198 g/mol. The van der Waals surface area contributed by atoms with Crippen LogP contribution in [0.15, 0.2) is 36.5 Å². The largest absolute Gasteiger partial charge is 0.241 e. The summed E-state index contributed by atoms with van der Waals surface area (Å²) in [6, 6.07) is 11.4. The molecule has 0 radical (unpaired) electrons. The minimum atomic E-state index is 0.649. The molecule has 1 heterocycles. The molecule has 2 aromatic rings. The number of rotatable bonds is 1. The molecule has 0 aliphatic rings. The van der Waals surface area contributed by atoms with E-state index in [0.717, 1.165) is 11.4 Å². The quantitative estimate of drug-likeness (QED) is 0.730. The predicted octanol–water partition coefficient (Wildman–Crippen LogP) is 3.08. The van der Waals surface area contributed by atoms with E-state index >= 15 is 0 Å². The van der Waals surface area contributed by atoms with Crippen molar-refractivity contribution in [2.75, 3.05) is 0 Å². The van der Waals surface area contributed by atoms with Gasteiger partial charge in [0.25, 0.3) is 0 Å². The number of aromatic nitrogens is 2. The van der Waals surface area contributed by atoms with Crippen molar-refractivity contribution in [3.8, 4) is 11.8 Å². The van der Waals surface area contributed by atoms with Crippen LogP contribution < -0.4 is 0 Å². The number of aryl methyl sites for hydroxylation is 1. The van der Waals surface area contributed by atoms with E-state index in [1.807, 2.05) is 51.2 Å². The number of nitriles is 1. The van der Waals surface area contributed by atoms with Crippen molar-refractivity contribution in [2.24, 2.45) is 0 Å². The van der Waals surface area contributed by atoms with E-state index in [0.29, 0.717) is 5.56 Å². The summed E-state index contributed by atoms with van der Waals surface area (Å²) in [6.07, 6.45) is 1.88. The minimum Gasteiger partial charge on any atom is -0.241 e. The Morgan fingerprint density at radius 1 is 1.25 bits per heavy atom. The second-order valence-corrected chi connectivity index (χ2v) is 3.06. The third kappa shape index (κ3) is 2.71. The average molecular weight is 213 g/mol. The fourth-order valence-corrected chi connectivity index (χ4v) is 1.28. The van der Waals surface area contributed by atoms with Crippen LogP contribution in [-0.4, -0.2) is 9.78 Å². The molecular formula is C13H15N3. The van der Waals surface area contributed by atoms with Crippen LogP contribution in [0.4, 0.5) is 0 Å². The highest BCUT2D eigenvalue weighted by atomic mass is 15.3. The van der Waals surface area contributed by atoms with E-state index in [9.17, 15) is 0 Å². The summed E-state index contributed by atoms with van der Waals surface area (Å²) < 4.78 is 1.76. The normalized spacial score (nSPS) is 8.88. The van der Waals surface area contributed by atoms with Crippen molar-refractivity contribution >= 4 is 0 Å². The average Bonchev–Trinajstić information content (AvgIpc) is 2.79. The zero-order valence-electron chi connectivity index (χ0n) is 9.81. The summed E-state index contributed by atoms with van der Waals surface area (Å²) in [6.45, 7) is 5.94. The molecule has 0 spiro atoms. The zero-order chi connectivity index (χ0) is 12.0. The molecule has 1 aromatic carbocycles. The van der Waals surface area contributed by atoms with E-state index in [4.69, 9.17) is 5.26 Å². The van der Waals surface area contributed by atoms with Crippen molar-refractivity contribution < 1.29 is 0 Å². The number of benzene rings is 1. The maximum absolute atomic E-state index is 8.73. The van der Waals surface area contributed by atoms with Gasteiger partial charge >= 0.3 is 0 Å². The minimum absolute atomic E-state index is 0.649. The lowest BCUT2D eigenvalue weighted by atomic mass is 10.2. The van der Waals surface area contributed by atoms with Crippen molar-refractivity contribution in [3.63, 3.8) is 0 Å². The third-order valence-corrected chi connectivity index (χ3v) is 1.96. The van der Waals surface area contributed by atoms with Gasteiger partial charge < -0.3 is 0 Å². The lowest BCUT2D eigenvalue weighted by molar-refractivity contribution is 0.862. The Hall–Kier alpha value is -2.08.